The highest BCUT2D eigenvalue weighted by atomic mass is 32.2. The van der Waals surface area contributed by atoms with Gasteiger partial charge < -0.3 is 10.6 Å². The number of hydrogen-bond acceptors (Lipinski definition) is 9. The Balaban J connectivity index is 1.30. The van der Waals surface area contributed by atoms with E-state index < -0.39 is 40.0 Å². The Morgan fingerprint density at radius 1 is 1.02 bits per heavy atom. The zero-order valence-corrected chi connectivity index (χ0v) is 24.0. The average Bonchev–Trinajstić information content (AvgIpc) is 3.69. The molecule has 3 heterocycles. The smallest absolute Gasteiger partial charge is 0.380 e. The summed E-state index contributed by atoms with van der Waals surface area (Å²) in [7, 11) is -3.93. The summed E-state index contributed by atoms with van der Waals surface area (Å²) in [5.74, 6) is 0.561. The summed E-state index contributed by atoms with van der Waals surface area (Å²) in [5, 5.41) is 14.3. The minimum Gasteiger partial charge on any atom is -0.380 e. The fourth-order valence-electron chi connectivity index (χ4n) is 5.95. The molecule has 2 unspecified atom stereocenters. The van der Waals surface area contributed by atoms with Crippen LogP contribution < -0.4 is 21.5 Å². The van der Waals surface area contributed by atoms with Gasteiger partial charge in [0.05, 0.1) is 23.0 Å². The van der Waals surface area contributed by atoms with Crippen molar-refractivity contribution in [3.63, 3.8) is 0 Å². The van der Waals surface area contributed by atoms with Crippen LogP contribution in [0.2, 0.25) is 0 Å². The van der Waals surface area contributed by atoms with Crippen molar-refractivity contribution in [2.75, 3.05) is 17.2 Å². The number of aromatic nitrogens is 5. The molecule has 226 valence electrons. The molecule has 2 aromatic carbocycles. The van der Waals surface area contributed by atoms with Gasteiger partial charge in [0.2, 0.25) is 0 Å². The van der Waals surface area contributed by atoms with Gasteiger partial charge in [0, 0.05) is 24.7 Å². The summed E-state index contributed by atoms with van der Waals surface area (Å²) >= 11 is 0. The lowest BCUT2D eigenvalue weighted by molar-refractivity contribution is -0.131. The van der Waals surface area contributed by atoms with Gasteiger partial charge in [-0.1, -0.05) is 31.0 Å². The van der Waals surface area contributed by atoms with Crippen molar-refractivity contribution in [2.45, 2.75) is 62.6 Å². The van der Waals surface area contributed by atoms with Crippen LogP contribution in [0, 0.1) is 12.8 Å². The fourth-order valence-corrected chi connectivity index (χ4v) is 7.25. The van der Waals surface area contributed by atoms with E-state index in [2.05, 4.69) is 25.8 Å². The van der Waals surface area contributed by atoms with E-state index in [0.29, 0.717) is 29.8 Å². The predicted molar refractivity (Wildman–Crippen MR) is 154 cm³/mol. The Labute approximate surface area is 243 Å². The molecule has 0 amide bonds. The molecule has 3 atom stereocenters. The number of nitrogens with one attached hydrogen (secondary N) is 2. The van der Waals surface area contributed by atoms with Crippen molar-refractivity contribution in [2.24, 2.45) is 5.92 Å². The Morgan fingerprint density at radius 3 is 2.44 bits per heavy atom. The van der Waals surface area contributed by atoms with Crippen LogP contribution in [0.15, 0.2) is 57.2 Å². The van der Waals surface area contributed by atoms with Crippen LogP contribution >= 0.6 is 0 Å². The minimum atomic E-state index is -4.39. The maximum absolute atomic E-state index is 13.5. The fraction of sp³-hybridized carbons (Fsp3) is 0.393. The molecule has 1 saturated carbocycles. The molecule has 2 N–H and O–H groups in total. The van der Waals surface area contributed by atoms with Gasteiger partial charge in [0.15, 0.2) is 11.3 Å². The highest BCUT2D eigenvalue weighted by molar-refractivity contribution is 7.90. The van der Waals surface area contributed by atoms with Crippen LogP contribution in [0.1, 0.15) is 49.9 Å². The van der Waals surface area contributed by atoms with Gasteiger partial charge in [0.25, 0.3) is 20.9 Å². The van der Waals surface area contributed by atoms with Crippen LogP contribution in [0.5, 0.6) is 0 Å². The molecule has 15 heteroatoms. The highest BCUT2D eigenvalue weighted by Crippen LogP contribution is 2.43. The Morgan fingerprint density at radius 2 is 1.74 bits per heavy atom. The molecule has 1 fully saturated rings. The number of aryl methyl sites for hydroxylation is 1. The maximum atomic E-state index is 13.5. The molecule has 5 aromatic rings. The van der Waals surface area contributed by atoms with E-state index in [0.717, 1.165) is 16.0 Å². The van der Waals surface area contributed by atoms with Gasteiger partial charge in [-0.15, -0.1) is 10.2 Å². The number of anilines is 2. The third kappa shape index (κ3) is 5.04. The Kier molecular flexibility index (Phi) is 7.02. The number of rotatable bonds is 9. The van der Waals surface area contributed by atoms with Gasteiger partial charge in [-0.05, 0) is 43.9 Å². The molecule has 0 bridgehead atoms. The second kappa shape index (κ2) is 10.5. The largest absolute Gasteiger partial charge is 0.390 e. The predicted octanol–water partition coefficient (Wildman–Crippen LogP) is 3.97. The molecule has 0 radical (unpaired) electrons. The lowest BCUT2D eigenvalue weighted by atomic mass is 9.93. The van der Waals surface area contributed by atoms with Gasteiger partial charge in [-0.25, -0.2) is 17.4 Å². The van der Waals surface area contributed by atoms with Crippen LogP contribution in [0.4, 0.5) is 24.5 Å². The molecule has 0 spiro atoms. The van der Waals surface area contributed by atoms with E-state index in [1.165, 1.54) is 12.4 Å². The number of fused-ring (bicyclic) bond motifs is 3. The first-order chi connectivity index (χ1) is 20.4. The van der Waals surface area contributed by atoms with Gasteiger partial charge in [-0.2, -0.15) is 13.2 Å². The molecule has 1 aliphatic rings. The number of benzene rings is 1. The summed E-state index contributed by atoms with van der Waals surface area (Å²) in [6.07, 6.45) is -0.720. The number of alkyl halides is 3. The summed E-state index contributed by atoms with van der Waals surface area (Å²) < 4.78 is 67.6. The quantitative estimate of drug-likeness (QED) is 0.236. The van der Waals surface area contributed by atoms with Gasteiger partial charge in [-0.3, -0.25) is 14.0 Å². The van der Waals surface area contributed by atoms with Crippen molar-refractivity contribution in [1.29, 1.82) is 0 Å². The first-order valence-corrected chi connectivity index (χ1v) is 15.3. The van der Waals surface area contributed by atoms with Crippen molar-refractivity contribution in [3.05, 3.63) is 74.6 Å². The van der Waals surface area contributed by atoms with Crippen LogP contribution in [-0.4, -0.2) is 50.7 Å². The molecule has 43 heavy (non-hydrogen) atoms. The lowest BCUT2D eigenvalue weighted by Gasteiger charge is -2.19. The summed E-state index contributed by atoms with van der Waals surface area (Å²) in [4.78, 5) is 28.9. The number of halogens is 3. The molecule has 0 saturated heterocycles. The molecule has 1 aliphatic carbocycles. The van der Waals surface area contributed by atoms with E-state index in [4.69, 9.17) is 0 Å². The highest BCUT2D eigenvalue weighted by Gasteiger charge is 2.39. The van der Waals surface area contributed by atoms with Crippen molar-refractivity contribution in [1.82, 2.24) is 23.6 Å². The van der Waals surface area contributed by atoms with E-state index in [1.54, 1.807) is 34.7 Å². The molecule has 0 aliphatic heterocycles. The third-order valence-corrected chi connectivity index (χ3v) is 9.84. The lowest BCUT2D eigenvalue weighted by Crippen LogP contribution is -2.39. The second-order valence-electron chi connectivity index (χ2n) is 10.9. The van der Waals surface area contributed by atoms with Gasteiger partial charge >= 0.3 is 6.18 Å². The van der Waals surface area contributed by atoms with Crippen LogP contribution in [-0.2, 0) is 10.0 Å². The summed E-state index contributed by atoms with van der Waals surface area (Å²) in [6.45, 7) is 3.38. The summed E-state index contributed by atoms with van der Waals surface area (Å²) in [5.41, 5.74) is 0.381. The number of nitrogens with zero attached hydrogens (tertiary/aromatic N) is 5. The third-order valence-electron chi connectivity index (χ3n) is 8.16. The van der Waals surface area contributed by atoms with E-state index in [-0.39, 0.29) is 39.8 Å². The normalized spacial score (nSPS) is 19.5. The number of hydrogen-bond donors (Lipinski definition) is 2. The minimum absolute atomic E-state index is 0.00348. The van der Waals surface area contributed by atoms with Crippen LogP contribution in [0.25, 0.3) is 16.8 Å². The first-order valence-electron chi connectivity index (χ1n) is 13.8. The van der Waals surface area contributed by atoms with E-state index in [1.807, 2.05) is 13.8 Å². The van der Waals surface area contributed by atoms with E-state index >= 15 is 0 Å². The summed E-state index contributed by atoms with van der Waals surface area (Å²) in [6, 6.07) is 7.94. The van der Waals surface area contributed by atoms with E-state index in [9.17, 15) is 31.2 Å². The molecule has 6 rings (SSSR count). The van der Waals surface area contributed by atoms with Crippen molar-refractivity contribution < 1.29 is 21.6 Å². The van der Waals surface area contributed by atoms with Crippen LogP contribution in [0.3, 0.4) is 0 Å². The zero-order valence-electron chi connectivity index (χ0n) is 23.2. The molecule has 3 aromatic heterocycles. The maximum Gasteiger partial charge on any atom is 0.390 e. The standard InChI is InChI=1S/C28H28F3N7O4S/c1-3-16-12-17(34-23-22(24(39)25(23)40)32-10-9-28(29,30)31)13-19(16)26-36-35-21-14-33-27-20(38(21)26)8-11-37(27)43(41,42)18-6-4-15(2)5-7-18/h4-8,11,14,16-17,19,32,34H,3,9-10,12-13H2,1-2H3/t16?,17-,19?/m0/s1. The second-order valence-corrected chi connectivity index (χ2v) is 12.8. The zero-order chi connectivity index (χ0) is 30.7. The SMILES string of the molecule is CCC1C[C@H](Nc2c(NCCC(F)(F)F)c(=O)c2=O)CC1c1nnc2cnc3c(ccn3S(=O)(=O)c3ccc(C)cc3)n12. The molecule has 11 nitrogen and oxygen atoms in total. The first kappa shape index (κ1) is 28.8. The molecular weight excluding hydrogens is 587 g/mol. The average molecular weight is 616 g/mol. The topological polar surface area (TPSA) is 140 Å². The Hall–Kier alpha value is -4.27. The Bertz CT molecular complexity index is 2010. The van der Waals surface area contributed by atoms with Crippen molar-refractivity contribution >= 4 is 38.2 Å². The monoisotopic (exact) mass is 615 g/mol. The van der Waals surface area contributed by atoms with Crippen molar-refractivity contribution in [3.8, 4) is 0 Å². The van der Waals surface area contributed by atoms with Gasteiger partial charge in [0.1, 0.15) is 17.2 Å². The molecular formula is C28H28F3N7O4S.